The van der Waals surface area contributed by atoms with Crippen LogP contribution in [0.15, 0.2) is 43.0 Å². The third kappa shape index (κ3) is 1.83. The lowest BCUT2D eigenvalue weighted by Crippen LogP contribution is -2.35. The van der Waals surface area contributed by atoms with Crippen molar-refractivity contribution in [1.82, 2.24) is 0 Å². The van der Waals surface area contributed by atoms with E-state index in [9.17, 15) is 0 Å². The molecule has 0 amide bonds. The van der Waals surface area contributed by atoms with Gasteiger partial charge in [0.2, 0.25) is 0 Å². The summed E-state index contributed by atoms with van der Waals surface area (Å²) in [5.74, 6) is 0. The first-order valence-corrected chi connectivity index (χ1v) is 5.20. The molecule has 1 aromatic rings. The first-order chi connectivity index (χ1) is 7.27. The van der Waals surface area contributed by atoms with Gasteiger partial charge < -0.3 is 9.47 Å². The summed E-state index contributed by atoms with van der Waals surface area (Å²) >= 11 is 0. The van der Waals surface area contributed by atoms with E-state index in [4.69, 9.17) is 9.47 Å². The van der Waals surface area contributed by atoms with Crippen molar-refractivity contribution in [3.8, 4) is 0 Å². The van der Waals surface area contributed by atoms with Gasteiger partial charge >= 0.3 is 0 Å². The highest BCUT2D eigenvalue weighted by molar-refractivity contribution is 5.30. The Morgan fingerprint density at radius 3 is 2.40 bits per heavy atom. The van der Waals surface area contributed by atoms with Crippen molar-refractivity contribution in [2.24, 2.45) is 0 Å². The summed E-state index contributed by atoms with van der Waals surface area (Å²) in [5, 5.41) is 0. The van der Waals surface area contributed by atoms with Crippen molar-refractivity contribution >= 4 is 0 Å². The molecule has 1 aliphatic heterocycles. The highest BCUT2D eigenvalue weighted by Crippen LogP contribution is 2.33. The molecule has 0 spiro atoms. The molecule has 2 nitrogen and oxygen atoms in total. The molecule has 0 unspecified atom stereocenters. The summed E-state index contributed by atoms with van der Waals surface area (Å²) in [6, 6.07) is 10.2. The molecule has 0 saturated carbocycles. The van der Waals surface area contributed by atoms with Gasteiger partial charge in [0.25, 0.3) is 0 Å². The monoisotopic (exact) mass is 204 g/mol. The Morgan fingerprint density at radius 1 is 1.27 bits per heavy atom. The van der Waals surface area contributed by atoms with E-state index in [0.29, 0.717) is 13.2 Å². The van der Waals surface area contributed by atoms with Crippen molar-refractivity contribution in [2.45, 2.75) is 18.6 Å². The Labute approximate surface area is 90.5 Å². The second-order valence-corrected chi connectivity index (χ2v) is 3.93. The standard InChI is InChI=1S/C13H16O2/c1-3-13(2,12-14-9-10-15-12)11-7-5-4-6-8-11/h3-8,12H,1,9-10H2,2H3/t13-/m1/s1. The minimum absolute atomic E-state index is 0.211. The summed E-state index contributed by atoms with van der Waals surface area (Å²) in [5.41, 5.74) is 0.907. The highest BCUT2D eigenvalue weighted by atomic mass is 16.7. The van der Waals surface area contributed by atoms with Crippen LogP contribution in [-0.4, -0.2) is 19.5 Å². The molecule has 1 aromatic carbocycles. The van der Waals surface area contributed by atoms with Crippen LogP contribution in [0.5, 0.6) is 0 Å². The van der Waals surface area contributed by atoms with Gasteiger partial charge in [0.1, 0.15) is 0 Å². The molecule has 2 rings (SSSR count). The minimum atomic E-state index is -0.266. The fourth-order valence-electron chi connectivity index (χ4n) is 1.85. The molecule has 0 aliphatic carbocycles. The van der Waals surface area contributed by atoms with Crippen LogP contribution in [0.2, 0.25) is 0 Å². The van der Waals surface area contributed by atoms with E-state index in [2.05, 4.69) is 25.6 Å². The Balaban J connectivity index is 2.32. The zero-order valence-electron chi connectivity index (χ0n) is 8.98. The van der Waals surface area contributed by atoms with Gasteiger partial charge in [0.05, 0.1) is 18.6 Å². The van der Waals surface area contributed by atoms with Crippen molar-refractivity contribution in [3.05, 3.63) is 48.6 Å². The van der Waals surface area contributed by atoms with Crippen LogP contribution < -0.4 is 0 Å². The minimum Gasteiger partial charge on any atom is -0.349 e. The van der Waals surface area contributed by atoms with Gasteiger partial charge in [-0.2, -0.15) is 0 Å². The zero-order chi connectivity index (χ0) is 10.7. The molecule has 2 heteroatoms. The van der Waals surface area contributed by atoms with Crippen LogP contribution in [0.25, 0.3) is 0 Å². The molecular weight excluding hydrogens is 188 g/mol. The second-order valence-electron chi connectivity index (χ2n) is 3.93. The first kappa shape index (κ1) is 10.4. The van der Waals surface area contributed by atoms with Gasteiger partial charge in [0.15, 0.2) is 6.29 Å². The van der Waals surface area contributed by atoms with Crippen LogP contribution in [-0.2, 0) is 14.9 Å². The number of hydrogen-bond acceptors (Lipinski definition) is 2. The maximum atomic E-state index is 5.57. The lowest BCUT2D eigenvalue weighted by Gasteiger charge is -2.31. The molecule has 0 radical (unpaired) electrons. The van der Waals surface area contributed by atoms with Crippen LogP contribution >= 0.6 is 0 Å². The molecule has 0 bridgehead atoms. The third-order valence-corrected chi connectivity index (χ3v) is 2.93. The summed E-state index contributed by atoms with van der Waals surface area (Å²) in [6.45, 7) is 7.32. The highest BCUT2D eigenvalue weighted by Gasteiger charge is 2.37. The molecule has 1 heterocycles. The van der Waals surface area contributed by atoms with Gasteiger partial charge in [-0.3, -0.25) is 0 Å². The molecule has 1 aliphatic rings. The molecular formula is C13H16O2. The topological polar surface area (TPSA) is 18.5 Å². The smallest absolute Gasteiger partial charge is 0.170 e. The predicted octanol–water partition coefficient (Wildman–Crippen LogP) is 2.50. The van der Waals surface area contributed by atoms with Crippen LogP contribution in [0.1, 0.15) is 12.5 Å². The quantitative estimate of drug-likeness (QED) is 0.704. The van der Waals surface area contributed by atoms with E-state index in [0.717, 1.165) is 0 Å². The van der Waals surface area contributed by atoms with E-state index >= 15 is 0 Å². The zero-order valence-corrected chi connectivity index (χ0v) is 8.98. The van der Waals surface area contributed by atoms with Crippen molar-refractivity contribution in [1.29, 1.82) is 0 Å². The third-order valence-electron chi connectivity index (χ3n) is 2.93. The Bertz CT molecular complexity index is 328. The summed E-state index contributed by atoms with van der Waals surface area (Å²) in [6.07, 6.45) is 1.69. The predicted molar refractivity (Wildman–Crippen MR) is 59.7 cm³/mol. The summed E-state index contributed by atoms with van der Waals surface area (Å²) in [4.78, 5) is 0. The SMILES string of the molecule is C=C[C@](C)(c1ccccc1)C1OCCO1. The summed E-state index contributed by atoms with van der Waals surface area (Å²) < 4.78 is 11.1. The second kappa shape index (κ2) is 4.17. The van der Waals surface area contributed by atoms with Gasteiger partial charge in [0, 0.05) is 0 Å². The molecule has 1 saturated heterocycles. The van der Waals surface area contributed by atoms with Crippen molar-refractivity contribution in [2.75, 3.05) is 13.2 Å². The van der Waals surface area contributed by atoms with Crippen LogP contribution in [0.3, 0.4) is 0 Å². The lowest BCUT2D eigenvalue weighted by atomic mass is 9.82. The number of hydrogen-bond donors (Lipinski definition) is 0. The maximum Gasteiger partial charge on any atom is 0.170 e. The van der Waals surface area contributed by atoms with Gasteiger partial charge in [-0.05, 0) is 12.5 Å². The average molecular weight is 204 g/mol. The van der Waals surface area contributed by atoms with Gasteiger partial charge in [-0.15, -0.1) is 6.58 Å². The molecule has 1 atom stereocenters. The molecule has 0 N–H and O–H groups in total. The van der Waals surface area contributed by atoms with Gasteiger partial charge in [-0.1, -0.05) is 36.4 Å². The largest absolute Gasteiger partial charge is 0.349 e. The van der Waals surface area contributed by atoms with Crippen LogP contribution in [0.4, 0.5) is 0 Å². The molecule has 1 fully saturated rings. The van der Waals surface area contributed by atoms with E-state index in [1.807, 2.05) is 24.3 Å². The number of benzene rings is 1. The average Bonchev–Trinajstić information content (AvgIpc) is 2.83. The number of rotatable bonds is 3. The van der Waals surface area contributed by atoms with Crippen molar-refractivity contribution in [3.63, 3.8) is 0 Å². The maximum absolute atomic E-state index is 5.57. The Morgan fingerprint density at radius 2 is 1.87 bits per heavy atom. The van der Waals surface area contributed by atoms with Crippen molar-refractivity contribution < 1.29 is 9.47 Å². The van der Waals surface area contributed by atoms with Gasteiger partial charge in [-0.25, -0.2) is 0 Å². The van der Waals surface area contributed by atoms with E-state index in [1.54, 1.807) is 0 Å². The fourth-order valence-corrected chi connectivity index (χ4v) is 1.85. The lowest BCUT2D eigenvalue weighted by molar-refractivity contribution is -0.0795. The number of ether oxygens (including phenoxy) is 2. The Hall–Kier alpha value is -1.12. The fraction of sp³-hybridized carbons (Fsp3) is 0.385. The van der Waals surface area contributed by atoms with E-state index in [-0.39, 0.29) is 11.7 Å². The Kier molecular flexibility index (Phi) is 2.89. The molecule has 0 aromatic heterocycles. The van der Waals surface area contributed by atoms with E-state index in [1.165, 1.54) is 5.56 Å². The molecule has 80 valence electrons. The first-order valence-electron chi connectivity index (χ1n) is 5.20. The van der Waals surface area contributed by atoms with E-state index < -0.39 is 0 Å². The summed E-state index contributed by atoms with van der Waals surface area (Å²) in [7, 11) is 0. The van der Waals surface area contributed by atoms with Crippen LogP contribution in [0, 0.1) is 0 Å². The molecule has 15 heavy (non-hydrogen) atoms. The normalized spacial score (nSPS) is 21.1.